The summed E-state index contributed by atoms with van der Waals surface area (Å²) in [6.45, 7) is 2.12. The lowest BCUT2D eigenvalue weighted by atomic mass is 10.1. The van der Waals surface area contributed by atoms with Gasteiger partial charge in [-0.25, -0.2) is 4.79 Å². The second-order valence-corrected chi connectivity index (χ2v) is 4.56. The third kappa shape index (κ3) is 3.29. The molecule has 104 valence electrons. The highest BCUT2D eigenvalue weighted by Gasteiger charge is 2.12. The lowest BCUT2D eigenvalue weighted by molar-refractivity contribution is 0.0694. The molecule has 0 atom stereocenters. The summed E-state index contributed by atoms with van der Waals surface area (Å²) in [4.78, 5) is 11.2. The summed E-state index contributed by atoms with van der Waals surface area (Å²) in [5.74, 6) is -0.165. The monoisotopic (exact) mass is 271 g/mol. The van der Waals surface area contributed by atoms with E-state index in [1.165, 1.54) is 11.6 Å². The summed E-state index contributed by atoms with van der Waals surface area (Å²) in [5.41, 5.74) is 7.28. The molecule has 0 fully saturated rings. The lowest BCUT2D eigenvalue weighted by Gasteiger charge is -2.10. The Morgan fingerprint density at radius 1 is 1.20 bits per heavy atom. The average molecular weight is 271 g/mol. The van der Waals surface area contributed by atoms with Gasteiger partial charge in [-0.2, -0.15) is 0 Å². The first-order valence-electron chi connectivity index (χ1n) is 6.49. The van der Waals surface area contributed by atoms with Crippen LogP contribution in [0.1, 0.15) is 29.3 Å². The fourth-order valence-electron chi connectivity index (χ4n) is 1.94. The maximum Gasteiger partial charge on any atom is 0.339 e. The van der Waals surface area contributed by atoms with Crippen LogP contribution >= 0.6 is 0 Å². The first kappa shape index (κ1) is 13.9. The first-order valence-corrected chi connectivity index (χ1v) is 6.49. The van der Waals surface area contributed by atoms with Gasteiger partial charge in [-0.3, -0.25) is 0 Å². The van der Waals surface area contributed by atoms with Crippen LogP contribution in [0.2, 0.25) is 0 Å². The molecule has 0 aromatic heterocycles. The minimum Gasteiger partial charge on any atom is -0.478 e. The number of aryl methyl sites for hydroxylation is 1. The molecule has 0 radical (unpaired) electrons. The molecule has 2 rings (SSSR count). The Hall–Kier alpha value is -2.49. The van der Waals surface area contributed by atoms with E-state index in [-0.39, 0.29) is 11.3 Å². The van der Waals surface area contributed by atoms with Gasteiger partial charge in [0.1, 0.15) is 17.1 Å². The standard InChI is InChI=1S/C16H17NO3/c1-2-3-11-4-7-13(8-5-11)20-15-9-6-12(17)10-14(15)16(18)19/h4-10H,2-3,17H2,1H3,(H,18,19). The molecule has 0 saturated carbocycles. The molecule has 2 aromatic rings. The van der Waals surface area contributed by atoms with Gasteiger partial charge in [0.05, 0.1) is 0 Å². The van der Waals surface area contributed by atoms with E-state index in [2.05, 4.69) is 6.92 Å². The topological polar surface area (TPSA) is 72.5 Å². The van der Waals surface area contributed by atoms with Crippen molar-refractivity contribution in [3.8, 4) is 11.5 Å². The van der Waals surface area contributed by atoms with E-state index in [0.717, 1.165) is 12.8 Å². The molecule has 3 N–H and O–H groups in total. The normalized spacial score (nSPS) is 10.2. The molecule has 0 aliphatic heterocycles. The minimum atomic E-state index is -1.06. The van der Waals surface area contributed by atoms with Crippen molar-refractivity contribution in [3.05, 3.63) is 53.6 Å². The SMILES string of the molecule is CCCc1ccc(Oc2ccc(N)cc2C(=O)O)cc1. The molecule has 0 spiro atoms. The van der Waals surface area contributed by atoms with Crippen LogP contribution in [0.15, 0.2) is 42.5 Å². The summed E-state index contributed by atoms with van der Waals surface area (Å²) in [7, 11) is 0. The number of carbonyl (C=O) groups is 1. The largest absolute Gasteiger partial charge is 0.478 e. The maximum atomic E-state index is 11.2. The molecule has 4 nitrogen and oxygen atoms in total. The third-order valence-electron chi connectivity index (χ3n) is 2.92. The molecule has 0 saturated heterocycles. The highest BCUT2D eigenvalue weighted by molar-refractivity contribution is 5.92. The third-order valence-corrected chi connectivity index (χ3v) is 2.92. The summed E-state index contributed by atoms with van der Waals surface area (Å²) in [6, 6.07) is 12.2. The smallest absolute Gasteiger partial charge is 0.339 e. The summed E-state index contributed by atoms with van der Waals surface area (Å²) in [6.07, 6.45) is 2.10. The van der Waals surface area contributed by atoms with Crippen molar-refractivity contribution in [2.45, 2.75) is 19.8 Å². The highest BCUT2D eigenvalue weighted by Crippen LogP contribution is 2.27. The van der Waals surface area contributed by atoms with Crippen LogP contribution in [0.5, 0.6) is 11.5 Å². The Labute approximate surface area is 117 Å². The number of ether oxygens (including phenoxy) is 1. The van der Waals surface area contributed by atoms with E-state index >= 15 is 0 Å². The predicted molar refractivity (Wildman–Crippen MR) is 78.3 cm³/mol. The van der Waals surface area contributed by atoms with Gasteiger partial charge in [-0.05, 0) is 42.3 Å². The van der Waals surface area contributed by atoms with Crippen molar-refractivity contribution in [2.75, 3.05) is 5.73 Å². The summed E-state index contributed by atoms with van der Waals surface area (Å²) >= 11 is 0. The van der Waals surface area contributed by atoms with Gasteiger partial charge in [0, 0.05) is 5.69 Å². The Morgan fingerprint density at radius 2 is 1.90 bits per heavy atom. The molecule has 20 heavy (non-hydrogen) atoms. The van der Waals surface area contributed by atoms with Crippen molar-refractivity contribution in [3.63, 3.8) is 0 Å². The molecule has 0 amide bonds. The number of hydrogen-bond donors (Lipinski definition) is 2. The fraction of sp³-hybridized carbons (Fsp3) is 0.188. The lowest BCUT2D eigenvalue weighted by Crippen LogP contribution is -2.01. The van der Waals surface area contributed by atoms with Gasteiger partial charge in [-0.1, -0.05) is 25.5 Å². The fourth-order valence-corrected chi connectivity index (χ4v) is 1.94. The van der Waals surface area contributed by atoms with Crippen LogP contribution in [-0.2, 0) is 6.42 Å². The zero-order valence-electron chi connectivity index (χ0n) is 11.3. The van der Waals surface area contributed by atoms with E-state index < -0.39 is 5.97 Å². The molecule has 0 aliphatic carbocycles. The van der Waals surface area contributed by atoms with E-state index in [1.54, 1.807) is 12.1 Å². The van der Waals surface area contributed by atoms with Gasteiger partial charge in [0.25, 0.3) is 0 Å². The van der Waals surface area contributed by atoms with Crippen molar-refractivity contribution in [1.29, 1.82) is 0 Å². The average Bonchev–Trinajstić information content (AvgIpc) is 2.43. The molecule has 0 aliphatic rings. The number of anilines is 1. The van der Waals surface area contributed by atoms with Gasteiger partial charge in [0.2, 0.25) is 0 Å². The minimum absolute atomic E-state index is 0.0580. The number of carboxylic acid groups (broad SMARTS) is 1. The predicted octanol–water partition coefficient (Wildman–Crippen LogP) is 3.71. The molecule has 2 aromatic carbocycles. The molecular formula is C16H17NO3. The van der Waals surface area contributed by atoms with Crippen molar-refractivity contribution in [2.24, 2.45) is 0 Å². The van der Waals surface area contributed by atoms with E-state index in [4.69, 9.17) is 15.6 Å². The molecular weight excluding hydrogens is 254 g/mol. The highest BCUT2D eigenvalue weighted by atomic mass is 16.5. The van der Waals surface area contributed by atoms with Gasteiger partial charge in [-0.15, -0.1) is 0 Å². The van der Waals surface area contributed by atoms with Crippen LogP contribution in [-0.4, -0.2) is 11.1 Å². The van der Waals surface area contributed by atoms with Crippen LogP contribution in [0.3, 0.4) is 0 Å². The number of rotatable bonds is 5. The Balaban J connectivity index is 2.23. The van der Waals surface area contributed by atoms with E-state index in [0.29, 0.717) is 11.4 Å². The number of nitrogens with two attached hydrogens (primary N) is 1. The second kappa shape index (κ2) is 6.10. The summed E-state index contributed by atoms with van der Waals surface area (Å²) < 4.78 is 5.62. The number of carboxylic acids is 1. The molecule has 4 heteroatoms. The maximum absolute atomic E-state index is 11.2. The van der Waals surface area contributed by atoms with Gasteiger partial charge in [0.15, 0.2) is 0 Å². The zero-order chi connectivity index (χ0) is 14.5. The Kier molecular flexibility index (Phi) is 4.25. The first-order chi connectivity index (χ1) is 9.60. The van der Waals surface area contributed by atoms with Crippen molar-refractivity contribution < 1.29 is 14.6 Å². The molecule has 0 heterocycles. The van der Waals surface area contributed by atoms with Crippen LogP contribution in [0, 0.1) is 0 Å². The van der Waals surface area contributed by atoms with Crippen LogP contribution < -0.4 is 10.5 Å². The number of hydrogen-bond acceptors (Lipinski definition) is 3. The number of nitrogen functional groups attached to an aromatic ring is 1. The van der Waals surface area contributed by atoms with Crippen molar-refractivity contribution >= 4 is 11.7 Å². The van der Waals surface area contributed by atoms with Gasteiger partial charge < -0.3 is 15.6 Å². The van der Waals surface area contributed by atoms with E-state index in [9.17, 15) is 4.79 Å². The number of benzene rings is 2. The molecule has 0 unspecified atom stereocenters. The summed E-state index contributed by atoms with van der Waals surface area (Å²) in [5, 5.41) is 9.15. The second-order valence-electron chi connectivity index (χ2n) is 4.56. The van der Waals surface area contributed by atoms with Crippen molar-refractivity contribution in [1.82, 2.24) is 0 Å². The van der Waals surface area contributed by atoms with Crippen LogP contribution in [0.25, 0.3) is 0 Å². The van der Waals surface area contributed by atoms with Crippen LogP contribution in [0.4, 0.5) is 5.69 Å². The quantitative estimate of drug-likeness (QED) is 0.813. The molecule has 0 bridgehead atoms. The Bertz CT molecular complexity index is 606. The number of aromatic carboxylic acids is 1. The van der Waals surface area contributed by atoms with E-state index in [1.807, 2.05) is 24.3 Å². The van der Waals surface area contributed by atoms with Gasteiger partial charge >= 0.3 is 5.97 Å². The Morgan fingerprint density at radius 3 is 2.50 bits per heavy atom. The zero-order valence-corrected chi connectivity index (χ0v) is 11.3.